The smallest absolute Gasteiger partial charge is 0.143 e. The number of hydrogen-bond donors (Lipinski definition) is 0. The van der Waals surface area contributed by atoms with Crippen LogP contribution < -0.4 is 4.90 Å². The maximum absolute atomic E-state index is 6.56. The van der Waals surface area contributed by atoms with Crippen molar-refractivity contribution in [1.29, 1.82) is 0 Å². The highest BCUT2D eigenvalue weighted by atomic mass is 16.3. The van der Waals surface area contributed by atoms with Crippen molar-refractivity contribution < 1.29 is 4.42 Å². The summed E-state index contributed by atoms with van der Waals surface area (Å²) in [5, 5.41) is 6.17. The lowest BCUT2D eigenvalue weighted by Gasteiger charge is -2.26. The van der Waals surface area contributed by atoms with Gasteiger partial charge < -0.3 is 9.32 Å². The summed E-state index contributed by atoms with van der Waals surface area (Å²) >= 11 is 0. The van der Waals surface area contributed by atoms with Crippen LogP contribution in [0, 0.1) is 0 Å². The molecule has 0 saturated carbocycles. The molecule has 0 amide bonds. The zero-order valence-corrected chi connectivity index (χ0v) is 36.2. The molecule has 0 aliphatic rings. The minimum Gasteiger partial charge on any atom is -0.455 e. The van der Waals surface area contributed by atoms with Gasteiger partial charge in [0.05, 0.1) is 0 Å². The van der Waals surface area contributed by atoms with Crippen LogP contribution in [0.15, 0.2) is 265 Å². The molecule has 0 bridgehead atoms. The van der Waals surface area contributed by atoms with E-state index in [1.165, 1.54) is 43.8 Å². The molecule has 66 heavy (non-hydrogen) atoms. The van der Waals surface area contributed by atoms with Crippen molar-refractivity contribution >= 4 is 49.6 Å². The van der Waals surface area contributed by atoms with E-state index in [-0.39, 0.29) is 0 Å². The highest BCUT2D eigenvalue weighted by Crippen LogP contribution is 2.43. The molecule has 0 saturated heterocycles. The molecule has 12 aromatic rings. The number of rotatable bonds is 9. The van der Waals surface area contributed by atoms with E-state index < -0.39 is 0 Å². The van der Waals surface area contributed by atoms with Gasteiger partial charge in [0.2, 0.25) is 0 Å². The maximum atomic E-state index is 6.56. The topological polar surface area (TPSA) is 16.4 Å². The summed E-state index contributed by atoms with van der Waals surface area (Å²) in [6.07, 6.45) is 0. The van der Waals surface area contributed by atoms with Crippen LogP contribution in [-0.4, -0.2) is 0 Å². The molecule has 1 aromatic heterocycles. The van der Waals surface area contributed by atoms with Crippen molar-refractivity contribution in [3.63, 3.8) is 0 Å². The van der Waals surface area contributed by atoms with Gasteiger partial charge in [-0.15, -0.1) is 0 Å². The van der Waals surface area contributed by atoms with Gasteiger partial charge in [-0.25, -0.2) is 0 Å². The molecule has 1 heterocycles. The number of nitrogens with zero attached hydrogens (tertiary/aromatic N) is 1. The molecular weight excluding hydrogens is 799 g/mol. The van der Waals surface area contributed by atoms with E-state index in [1.807, 2.05) is 12.1 Å². The van der Waals surface area contributed by atoms with E-state index in [9.17, 15) is 0 Å². The molecule has 12 rings (SSSR count). The number of fused-ring (bicyclic) bond motifs is 4. The quantitative estimate of drug-likeness (QED) is 0.135. The van der Waals surface area contributed by atoms with Crippen LogP contribution in [0.2, 0.25) is 0 Å². The summed E-state index contributed by atoms with van der Waals surface area (Å²) in [5.74, 6) is 0.885. The average molecular weight is 842 g/mol. The van der Waals surface area contributed by atoms with E-state index in [4.69, 9.17) is 4.42 Å². The molecule has 0 fully saturated rings. The molecule has 2 heteroatoms. The van der Waals surface area contributed by atoms with Gasteiger partial charge in [0.25, 0.3) is 0 Å². The minimum absolute atomic E-state index is 0.885. The molecule has 0 aliphatic heterocycles. The van der Waals surface area contributed by atoms with Crippen LogP contribution in [0.5, 0.6) is 0 Å². The highest BCUT2D eigenvalue weighted by molar-refractivity contribution is 6.14. The van der Waals surface area contributed by atoms with Crippen LogP contribution in [0.3, 0.4) is 0 Å². The monoisotopic (exact) mass is 841 g/mol. The van der Waals surface area contributed by atoms with Gasteiger partial charge in [-0.05, 0) is 126 Å². The second-order valence-electron chi connectivity index (χ2n) is 16.9. The van der Waals surface area contributed by atoms with Gasteiger partial charge in [0.1, 0.15) is 11.3 Å². The molecule has 0 spiro atoms. The number of hydrogen-bond acceptors (Lipinski definition) is 2. The van der Waals surface area contributed by atoms with Crippen molar-refractivity contribution in [3.05, 3.63) is 261 Å². The fourth-order valence-corrected chi connectivity index (χ4v) is 9.62. The first-order valence-corrected chi connectivity index (χ1v) is 22.6. The Labute approximate surface area is 384 Å². The largest absolute Gasteiger partial charge is 0.455 e. The fraction of sp³-hybridized carbons (Fsp3) is 0. The summed E-state index contributed by atoms with van der Waals surface area (Å²) in [5.41, 5.74) is 16.9. The summed E-state index contributed by atoms with van der Waals surface area (Å²) in [4.78, 5) is 2.36. The molecular formula is C64H43NO. The Bertz CT molecular complexity index is 3660. The lowest BCUT2D eigenvalue weighted by molar-refractivity contribution is 0.632. The minimum atomic E-state index is 0.885. The third-order valence-electron chi connectivity index (χ3n) is 12.9. The second-order valence-corrected chi connectivity index (χ2v) is 16.9. The number of benzene rings is 11. The Balaban J connectivity index is 0.872. The third-order valence-corrected chi connectivity index (χ3v) is 12.9. The van der Waals surface area contributed by atoms with E-state index in [0.29, 0.717) is 0 Å². The molecule has 0 N–H and O–H groups in total. The molecule has 0 atom stereocenters. The molecule has 11 aromatic carbocycles. The van der Waals surface area contributed by atoms with E-state index in [2.05, 4.69) is 254 Å². The first-order chi connectivity index (χ1) is 32.7. The molecule has 0 aliphatic carbocycles. The number of para-hydroxylation sites is 1. The Kier molecular flexibility index (Phi) is 9.89. The van der Waals surface area contributed by atoms with Gasteiger partial charge in [0, 0.05) is 33.6 Å². The van der Waals surface area contributed by atoms with Gasteiger partial charge in [-0.2, -0.15) is 0 Å². The maximum Gasteiger partial charge on any atom is 0.143 e. The van der Waals surface area contributed by atoms with Crippen LogP contribution in [0.25, 0.3) is 99.5 Å². The number of furan rings is 1. The van der Waals surface area contributed by atoms with Gasteiger partial charge >= 0.3 is 0 Å². The van der Waals surface area contributed by atoms with E-state index >= 15 is 0 Å². The van der Waals surface area contributed by atoms with Crippen LogP contribution in [-0.2, 0) is 0 Å². The second kappa shape index (κ2) is 16.8. The van der Waals surface area contributed by atoms with Crippen molar-refractivity contribution in [2.24, 2.45) is 0 Å². The SMILES string of the molecule is c1ccc(-c2cccc(N(c3ccc(-c4ccc(-c5cccc(-c6oc7ccccc7c6-c6ccccc6)c5)cc4)cc3)c3ccc(-c4cc5ccccc5c5ccccc45)cc3)c2)cc1. The first kappa shape index (κ1) is 38.9. The summed E-state index contributed by atoms with van der Waals surface area (Å²) in [6, 6.07) is 93.6. The van der Waals surface area contributed by atoms with Crippen molar-refractivity contribution in [2.45, 2.75) is 0 Å². The van der Waals surface area contributed by atoms with Crippen LogP contribution >= 0.6 is 0 Å². The Hall–Kier alpha value is -8.72. The Morgan fingerprint density at radius 1 is 0.258 bits per heavy atom. The highest BCUT2D eigenvalue weighted by Gasteiger charge is 2.19. The van der Waals surface area contributed by atoms with E-state index in [0.717, 1.165) is 72.7 Å². The predicted octanol–water partition coefficient (Wildman–Crippen LogP) is 18.2. The average Bonchev–Trinajstić information content (AvgIpc) is 3.80. The standard InChI is InChI=1S/C64H43NO/c1-3-15-44(16-4-1)51-21-14-23-56(42-51)65(55-39-35-48(36-40-55)61-43-52-19-7-8-24-57(52)58-25-9-10-26-59(58)61)54-37-33-46(34-38-54)45-29-31-47(32-30-45)50-20-13-22-53(41-50)64-63(49-17-5-2-6-18-49)60-27-11-12-28-62(60)66-64/h1-43H. The molecule has 2 nitrogen and oxygen atoms in total. The van der Waals surface area contributed by atoms with Crippen molar-refractivity contribution in [2.75, 3.05) is 4.90 Å². The van der Waals surface area contributed by atoms with Gasteiger partial charge in [-0.3, -0.25) is 0 Å². The zero-order valence-electron chi connectivity index (χ0n) is 36.2. The summed E-state index contributed by atoms with van der Waals surface area (Å²) < 4.78 is 6.56. The summed E-state index contributed by atoms with van der Waals surface area (Å²) in [7, 11) is 0. The lowest BCUT2D eigenvalue weighted by atomic mass is 9.93. The first-order valence-electron chi connectivity index (χ1n) is 22.6. The molecule has 0 radical (unpaired) electrons. The van der Waals surface area contributed by atoms with Gasteiger partial charge in [0.15, 0.2) is 0 Å². The summed E-state index contributed by atoms with van der Waals surface area (Å²) in [6.45, 7) is 0. The number of anilines is 3. The van der Waals surface area contributed by atoms with E-state index in [1.54, 1.807) is 0 Å². The normalized spacial score (nSPS) is 11.3. The fourth-order valence-electron chi connectivity index (χ4n) is 9.62. The van der Waals surface area contributed by atoms with Crippen LogP contribution in [0.1, 0.15) is 0 Å². The lowest BCUT2D eigenvalue weighted by Crippen LogP contribution is -2.10. The predicted molar refractivity (Wildman–Crippen MR) is 279 cm³/mol. The van der Waals surface area contributed by atoms with Crippen LogP contribution in [0.4, 0.5) is 17.1 Å². The van der Waals surface area contributed by atoms with Crippen molar-refractivity contribution in [3.8, 4) is 67.0 Å². The Morgan fingerprint density at radius 2 is 0.727 bits per heavy atom. The molecule has 0 unspecified atom stereocenters. The molecule has 310 valence electrons. The third kappa shape index (κ3) is 7.21. The van der Waals surface area contributed by atoms with Crippen molar-refractivity contribution in [1.82, 2.24) is 0 Å². The van der Waals surface area contributed by atoms with Gasteiger partial charge in [-0.1, -0.05) is 206 Å². The Morgan fingerprint density at radius 3 is 1.42 bits per heavy atom. The zero-order chi connectivity index (χ0) is 43.8.